The summed E-state index contributed by atoms with van der Waals surface area (Å²) < 4.78 is 0. The highest BCUT2D eigenvalue weighted by molar-refractivity contribution is 4.78. The maximum absolute atomic E-state index is 5.62. The molecule has 78 valence electrons. The Morgan fingerprint density at radius 1 is 1.46 bits per heavy atom. The van der Waals surface area contributed by atoms with Gasteiger partial charge in [0, 0.05) is 32.2 Å². The number of piperazine rings is 1. The van der Waals surface area contributed by atoms with Crippen molar-refractivity contribution in [3.05, 3.63) is 0 Å². The lowest BCUT2D eigenvalue weighted by atomic mass is 10.1. The summed E-state index contributed by atoms with van der Waals surface area (Å²) in [4.78, 5) is 4.95. The van der Waals surface area contributed by atoms with Crippen molar-refractivity contribution in [1.82, 2.24) is 9.80 Å². The van der Waals surface area contributed by atoms with Crippen molar-refractivity contribution in [2.75, 3.05) is 39.8 Å². The zero-order chi connectivity index (χ0) is 9.84. The number of hydrogen-bond donors (Lipinski definition) is 1. The van der Waals surface area contributed by atoms with Gasteiger partial charge in [-0.05, 0) is 26.4 Å². The summed E-state index contributed by atoms with van der Waals surface area (Å²) in [6.07, 6.45) is 0. The minimum atomic E-state index is 0.630. The van der Waals surface area contributed by atoms with Gasteiger partial charge in [-0.1, -0.05) is 6.92 Å². The molecule has 0 aromatic rings. The van der Waals surface area contributed by atoms with Crippen molar-refractivity contribution in [2.45, 2.75) is 19.9 Å². The molecule has 1 fully saturated rings. The average molecular weight is 185 g/mol. The van der Waals surface area contributed by atoms with Crippen molar-refractivity contribution < 1.29 is 0 Å². The molecule has 0 radical (unpaired) electrons. The van der Waals surface area contributed by atoms with Gasteiger partial charge in [0.05, 0.1) is 0 Å². The van der Waals surface area contributed by atoms with E-state index in [0.717, 1.165) is 13.1 Å². The Kier molecular flexibility index (Phi) is 4.16. The van der Waals surface area contributed by atoms with E-state index in [1.165, 1.54) is 19.6 Å². The van der Waals surface area contributed by atoms with Crippen molar-refractivity contribution >= 4 is 0 Å². The predicted octanol–water partition coefficient (Wildman–Crippen LogP) is 0.217. The Bertz CT molecular complexity index is 149. The molecule has 1 heterocycles. The van der Waals surface area contributed by atoms with Crippen LogP contribution in [0.1, 0.15) is 13.8 Å². The van der Waals surface area contributed by atoms with Crippen molar-refractivity contribution in [3.8, 4) is 0 Å². The third kappa shape index (κ3) is 3.25. The first kappa shape index (κ1) is 11.0. The number of likely N-dealkylation sites (N-methyl/N-ethyl adjacent to an activating group) is 1. The minimum absolute atomic E-state index is 0.630. The molecule has 0 amide bonds. The van der Waals surface area contributed by atoms with Crippen LogP contribution in [0.15, 0.2) is 0 Å². The molecule has 1 aliphatic rings. The Labute approximate surface area is 81.9 Å². The van der Waals surface area contributed by atoms with E-state index in [9.17, 15) is 0 Å². The van der Waals surface area contributed by atoms with Crippen LogP contribution in [0, 0.1) is 5.92 Å². The Morgan fingerprint density at radius 3 is 2.69 bits per heavy atom. The van der Waals surface area contributed by atoms with Crippen LogP contribution in [0.5, 0.6) is 0 Å². The molecule has 0 saturated carbocycles. The van der Waals surface area contributed by atoms with Gasteiger partial charge >= 0.3 is 0 Å². The molecular formula is C10H23N3. The quantitative estimate of drug-likeness (QED) is 0.682. The largest absolute Gasteiger partial charge is 0.330 e. The molecule has 0 spiro atoms. The van der Waals surface area contributed by atoms with Gasteiger partial charge in [-0.25, -0.2) is 0 Å². The fourth-order valence-corrected chi connectivity index (χ4v) is 1.92. The summed E-state index contributed by atoms with van der Waals surface area (Å²) >= 11 is 0. The van der Waals surface area contributed by atoms with Gasteiger partial charge in [-0.2, -0.15) is 0 Å². The van der Waals surface area contributed by atoms with Gasteiger partial charge in [-0.15, -0.1) is 0 Å². The fourth-order valence-electron chi connectivity index (χ4n) is 1.92. The Morgan fingerprint density at radius 2 is 2.15 bits per heavy atom. The lowest BCUT2D eigenvalue weighted by Crippen LogP contribution is -2.51. The van der Waals surface area contributed by atoms with E-state index in [2.05, 4.69) is 30.7 Å². The second kappa shape index (κ2) is 4.94. The van der Waals surface area contributed by atoms with E-state index in [1.807, 2.05) is 0 Å². The highest BCUT2D eigenvalue weighted by Gasteiger charge is 2.21. The normalized spacial score (nSPS) is 29.1. The molecule has 3 nitrogen and oxygen atoms in total. The highest BCUT2D eigenvalue weighted by Crippen LogP contribution is 2.09. The molecule has 1 rings (SSSR count). The summed E-state index contributed by atoms with van der Waals surface area (Å²) in [7, 11) is 2.19. The minimum Gasteiger partial charge on any atom is -0.330 e. The van der Waals surface area contributed by atoms with Gasteiger partial charge in [0.25, 0.3) is 0 Å². The van der Waals surface area contributed by atoms with E-state index in [0.29, 0.717) is 12.0 Å². The SMILES string of the molecule is CC(CN)CN1CCN(C)CC1C. The molecule has 1 saturated heterocycles. The van der Waals surface area contributed by atoms with Crippen LogP contribution in [-0.4, -0.2) is 55.6 Å². The molecule has 1 aliphatic heterocycles. The van der Waals surface area contributed by atoms with Gasteiger partial charge in [0.2, 0.25) is 0 Å². The Balaban J connectivity index is 2.33. The van der Waals surface area contributed by atoms with Crippen LogP contribution in [0.2, 0.25) is 0 Å². The summed E-state index contributed by atoms with van der Waals surface area (Å²) in [6.45, 7) is 10.1. The third-order valence-electron chi connectivity index (χ3n) is 2.92. The van der Waals surface area contributed by atoms with Gasteiger partial charge in [-0.3, -0.25) is 4.90 Å². The van der Waals surface area contributed by atoms with Crippen LogP contribution >= 0.6 is 0 Å². The summed E-state index contributed by atoms with van der Waals surface area (Å²) in [5, 5.41) is 0. The lowest BCUT2D eigenvalue weighted by molar-refractivity contribution is 0.0883. The summed E-state index contributed by atoms with van der Waals surface area (Å²) in [5.41, 5.74) is 5.62. The van der Waals surface area contributed by atoms with Crippen LogP contribution < -0.4 is 5.73 Å². The third-order valence-corrected chi connectivity index (χ3v) is 2.92. The molecule has 0 bridgehead atoms. The van der Waals surface area contributed by atoms with Crippen molar-refractivity contribution in [1.29, 1.82) is 0 Å². The van der Waals surface area contributed by atoms with E-state index < -0.39 is 0 Å². The molecule has 0 aromatic carbocycles. The average Bonchev–Trinajstić information content (AvgIpc) is 2.09. The van der Waals surface area contributed by atoms with Gasteiger partial charge in [0.1, 0.15) is 0 Å². The predicted molar refractivity (Wildman–Crippen MR) is 56.8 cm³/mol. The maximum atomic E-state index is 5.62. The van der Waals surface area contributed by atoms with E-state index in [-0.39, 0.29) is 0 Å². The highest BCUT2D eigenvalue weighted by atomic mass is 15.3. The van der Waals surface area contributed by atoms with E-state index in [4.69, 9.17) is 5.73 Å². The molecule has 3 heteroatoms. The zero-order valence-corrected chi connectivity index (χ0v) is 9.16. The van der Waals surface area contributed by atoms with E-state index >= 15 is 0 Å². The second-order valence-corrected chi connectivity index (χ2v) is 4.45. The first-order valence-corrected chi connectivity index (χ1v) is 5.26. The molecule has 2 atom stereocenters. The number of nitrogens with zero attached hydrogens (tertiary/aromatic N) is 2. The topological polar surface area (TPSA) is 32.5 Å². The maximum Gasteiger partial charge on any atom is 0.0195 e. The van der Waals surface area contributed by atoms with E-state index in [1.54, 1.807) is 0 Å². The van der Waals surface area contributed by atoms with Crippen molar-refractivity contribution in [2.24, 2.45) is 11.7 Å². The zero-order valence-electron chi connectivity index (χ0n) is 9.16. The van der Waals surface area contributed by atoms with Crippen LogP contribution in [-0.2, 0) is 0 Å². The smallest absolute Gasteiger partial charge is 0.0195 e. The number of rotatable bonds is 3. The molecule has 13 heavy (non-hydrogen) atoms. The monoisotopic (exact) mass is 185 g/mol. The molecule has 2 N–H and O–H groups in total. The lowest BCUT2D eigenvalue weighted by Gasteiger charge is -2.39. The standard InChI is InChI=1S/C10H23N3/c1-9(6-11)7-13-5-4-12(3)8-10(13)2/h9-10H,4-8,11H2,1-3H3. The van der Waals surface area contributed by atoms with Crippen LogP contribution in [0.3, 0.4) is 0 Å². The van der Waals surface area contributed by atoms with Crippen molar-refractivity contribution in [3.63, 3.8) is 0 Å². The summed E-state index contributed by atoms with van der Waals surface area (Å²) in [6, 6.07) is 0.688. The number of nitrogens with two attached hydrogens (primary N) is 1. The molecule has 0 aliphatic carbocycles. The second-order valence-electron chi connectivity index (χ2n) is 4.45. The first-order chi connectivity index (χ1) is 6.13. The summed E-state index contributed by atoms with van der Waals surface area (Å²) in [5.74, 6) is 0.630. The Hall–Kier alpha value is -0.120. The number of hydrogen-bond acceptors (Lipinski definition) is 3. The molecule has 0 aromatic heterocycles. The first-order valence-electron chi connectivity index (χ1n) is 5.26. The molecular weight excluding hydrogens is 162 g/mol. The van der Waals surface area contributed by atoms with Crippen LogP contribution in [0.4, 0.5) is 0 Å². The molecule has 2 unspecified atom stereocenters. The fraction of sp³-hybridized carbons (Fsp3) is 1.00. The van der Waals surface area contributed by atoms with Gasteiger partial charge < -0.3 is 10.6 Å². The van der Waals surface area contributed by atoms with Crippen LogP contribution in [0.25, 0.3) is 0 Å². The van der Waals surface area contributed by atoms with Gasteiger partial charge in [0.15, 0.2) is 0 Å².